The second-order valence-electron chi connectivity index (χ2n) is 7.10. The smallest absolute Gasteiger partial charge is 0.243 e. The number of amides is 1. The molecule has 2 heterocycles. The maximum absolute atomic E-state index is 12.8. The molecule has 2 aliphatic rings. The Kier molecular flexibility index (Phi) is 5.76. The highest BCUT2D eigenvalue weighted by Gasteiger charge is 2.34. The number of carbonyl (C=O) groups is 1. The monoisotopic (exact) mass is 365 g/mol. The van der Waals surface area contributed by atoms with Crippen LogP contribution in [0.1, 0.15) is 25.7 Å². The Morgan fingerprint density at radius 3 is 2.44 bits per heavy atom. The highest BCUT2D eigenvalue weighted by Crippen LogP contribution is 2.24. The number of carbonyl (C=O) groups excluding carboxylic acids is 1. The van der Waals surface area contributed by atoms with Crippen molar-refractivity contribution in [1.29, 1.82) is 0 Å². The molecule has 0 spiro atoms. The second-order valence-corrected chi connectivity index (χ2v) is 9.04. The number of nitrogens with zero attached hydrogens (tertiary/aromatic N) is 2. The van der Waals surface area contributed by atoms with Gasteiger partial charge in [0.05, 0.1) is 10.8 Å². The van der Waals surface area contributed by atoms with Crippen molar-refractivity contribution < 1.29 is 13.2 Å². The predicted molar refractivity (Wildman–Crippen MR) is 96.6 cm³/mol. The third kappa shape index (κ3) is 4.40. The quantitative estimate of drug-likeness (QED) is 0.873. The number of hydrogen-bond acceptors (Lipinski definition) is 4. The lowest BCUT2D eigenvalue weighted by atomic mass is 9.97. The van der Waals surface area contributed by atoms with Crippen molar-refractivity contribution in [1.82, 2.24) is 14.5 Å². The van der Waals surface area contributed by atoms with Crippen LogP contribution in [0.3, 0.4) is 0 Å². The van der Waals surface area contributed by atoms with Crippen molar-refractivity contribution in [2.24, 2.45) is 5.92 Å². The van der Waals surface area contributed by atoms with Gasteiger partial charge < -0.3 is 10.2 Å². The molecular formula is C18H27N3O3S. The molecule has 2 aliphatic heterocycles. The lowest BCUT2D eigenvalue weighted by Crippen LogP contribution is -2.49. The fourth-order valence-electron chi connectivity index (χ4n) is 3.59. The van der Waals surface area contributed by atoms with Gasteiger partial charge in [-0.05, 0) is 58.0 Å². The molecule has 7 heteroatoms. The van der Waals surface area contributed by atoms with E-state index in [0.29, 0.717) is 11.4 Å². The standard InChI is InChI=1S/C18H27N3O3S/c1-20-12-9-16(10-13-20)19-18(22)15-6-5-11-21(14-15)25(23,24)17-7-3-2-4-8-17/h2-4,7-8,15-16H,5-6,9-14H2,1H3,(H,19,22)/t15-/m1/s1. The lowest BCUT2D eigenvalue weighted by Gasteiger charge is -2.34. The summed E-state index contributed by atoms with van der Waals surface area (Å²) in [6.45, 7) is 2.74. The predicted octanol–water partition coefficient (Wildman–Crippen LogP) is 1.30. The molecule has 1 amide bonds. The fourth-order valence-corrected chi connectivity index (χ4v) is 5.13. The van der Waals surface area contributed by atoms with E-state index in [9.17, 15) is 13.2 Å². The van der Waals surface area contributed by atoms with Crippen LogP contribution in [0.4, 0.5) is 0 Å². The molecular weight excluding hydrogens is 338 g/mol. The molecule has 1 N–H and O–H groups in total. The van der Waals surface area contributed by atoms with E-state index in [1.165, 1.54) is 4.31 Å². The van der Waals surface area contributed by atoms with Crippen molar-refractivity contribution in [3.05, 3.63) is 30.3 Å². The zero-order chi connectivity index (χ0) is 17.9. The average molecular weight is 365 g/mol. The SMILES string of the molecule is CN1CCC(NC(=O)[C@@H]2CCCN(S(=O)(=O)c3ccccc3)C2)CC1. The first-order valence-electron chi connectivity index (χ1n) is 9.01. The topological polar surface area (TPSA) is 69.7 Å². The summed E-state index contributed by atoms with van der Waals surface area (Å²) in [6.07, 6.45) is 3.39. The van der Waals surface area contributed by atoms with Crippen molar-refractivity contribution in [3.63, 3.8) is 0 Å². The molecule has 1 atom stereocenters. The Hall–Kier alpha value is -1.44. The van der Waals surface area contributed by atoms with E-state index in [1.54, 1.807) is 30.3 Å². The van der Waals surface area contributed by atoms with Crippen LogP contribution in [0.25, 0.3) is 0 Å². The normalized spacial score (nSPS) is 24.1. The summed E-state index contributed by atoms with van der Waals surface area (Å²) in [4.78, 5) is 15.2. The Morgan fingerprint density at radius 1 is 1.08 bits per heavy atom. The highest BCUT2D eigenvalue weighted by atomic mass is 32.2. The summed E-state index contributed by atoms with van der Waals surface area (Å²) in [6, 6.07) is 8.68. The van der Waals surface area contributed by atoms with Crippen molar-refractivity contribution in [2.45, 2.75) is 36.6 Å². The molecule has 0 radical (unpaired) electrons. The van der Waals surface area contributed by atoms with Gasteiger partial charge in [-0.15, -0.1) is 0 Å². The van der Waals surface area contributed by atoms with E-state index in [2.05, 4.69) is 17.3 Å². The third-order valence-corrected chi connectivity index (χ3v) is 7.08. The largest absolute Gasteiger partial charge is 0.353 e. The molecule has 25 heavy (non-hydrogen) atoms. The van der Waals surface area contributed by atoms with Crippen molar-refractivity contribution in [3.8, 4) is 0 Å². The van der Waals surface area contributed by atoms with Crippen molar-refractivity contribution >= 4 is 15.9 Å². The molecule has 138 valence electrons. The van der Waals surface area contributed by atoms with Gasteiger partial charge in [0.25, 0.3) is 0 Å². The van der Waals surface area contributed by atoms with Gasteiger partial charge in [0.2, 0.25) is 15.9 Å². The highest BCUT2D eigenvalue weighted by molar-refractivity contribution is 7.89. The Bertz CT molecular complexity index is 685. The van der Waals surface area contributed by atoms with Crippen LogP contribution in [-0.2, 0) is 14.8 Å². The molecule has 3 rings (SSSR count). The first-order valence-corrected chi connectivity index (χ1v) is 10.4. The van der Waals surface area contributed by atoms with E-state index in [0.717, 1.165) is 38.8 Å². The molecule has 1 aromatic carbocycles. The van der Waals surface area contributed by atoms with E-state index >= 15 is 0 Å². The Labute approximate surface area is 150 Å². The number of rotatable bonds is 4. The van der Waals surface area contributed by atoms with E-state index in [4.69, 9.17) is 0 Å². The summed E-state index contributed by atoms with van der Waals surface area (Å²) in [5.74, 6) is -0.255. The van der Waals surface area contributed by atoms with Gasteiger partial charge in [-0.2, -0.15) is 4.31 Å². The first kappa shape index (κ1) is 18.4. The van der Waals surface area contributed by atoms with Crippen LogP contribution in [-0.4, -0.2) is 62.8 Å². The maximum atomic E-state index is 12.8. The molecule has 6 nitrogen and oxygen atoms in total. The number of hydrogen-bond donors (Lipinski definition) is 1. The van der Waals surface area contributed by atoms with Gasteiger partial charge >= 0.3 is 0 Å². The maximum Gasteiger partial charge on any atom is 0.243 e. The number of sulfonamides is 1. The number of nitrogens with one attached hydrogen (secondary N) is 1. The summed E-state index contributed by atoms with van der Waals surface area (Å²) in [5.41, 5.74) is 0. The van der Waals surface area contributed by atoms with Gasteiger partial charge in [-0.25, -0.2) is 8.42 Å². The Balaban J connectivity index is 1.62. The molecule has 1 aromatic rings. The molecule has 0 aromatic heterocycles. The minimum Gasteiger partial charge on any atom is -0.353 e. The van der Waals surface area contributed by atoms with Crippen LogP contribution >= 0.6 is 0 Å². The van der Waals surface area contributed by atoms with Crippen molar-refractivity contribution in [2.75, 3.05) is 33.2 Å². The third-order valence-electron chi connectivity index (χ3n) is 5.20. The lowest BCUT2D eigenvalue weighted by molar-refractivity contribution is -0.127. The van der Waals surface area contributed by atoms with Gasteiger partial charge in [0, 0.05) is 19.1 Å². The minimum absolute atomic E-state index is 0.00233. The molecule has 2 fully saturated rings. The van der Waals surface area contributed by atoms with Crippen LogP contribution < -0.4 is 5.32 Å². The summed E-state index contributed by atoms with van der Waals surface area (Å²) in [5, 5.41) is 3.13. The van der Waals surface area contributed by atoms with Crippen LogP contribution in [0.5, 0.6) is 0 Å². The van der Waals surface area contributed by atoms with E-state index in [1.807, 2.05) is 0 Å². The summed E-state index contributed by atoms with van der Waals surface area (Å²) < 4.78 is 27.0. The van der Waals surface area contributed by atoms with Crippen LogP contribution in [0.2, 0.25) is 0 Å². The molecule has 0 saturated carbocycles. The van der Waals surface area contributed by atoms with Gasteiger partial charge in [0.1, 0.15) is 0 Å². The van der Waals surface area contributed by atoms with Crippen LogP contribution in [0.15, 0.2) is 35.2 Å². The average Bonchev–Trinajstić information content (AvgIpc) is 2.64. The Morgan fingerprint density at radius 2 is 1.76 bits per heavy atom. The van der Waals surface area contributed by atoms with Gasteiger partial charge in [-0.1, -0.05) is 18.2 Å². The molecule has 0 bridgehead atoms. The minimum atomic E-state index is -3.52. The number of piperidine rings is 2. The van der Waals surface area contributed by atoms with Crippen LogP contribution in [0, 0.1) is 5.92 Å². The number of likely N-dealkylation sites (tertiary alicyclic amines) is 1. The molecule has 0 unspecified atom stereocenters. The fraction of sp³-hybridized carbons (Fsp3) is 0.611. The summed E-state index contributed by atoms with van der Waals surface area (Å²) in [7, 11) is -1.43. The first-order chi connectivity index (χ1) is 12.0. The molecule has 2 saturated heterocycles. The summed E-state index contributed by atoms with van der Waals surface area (Å²) >= 11 is 0. The zero-order valence-electron chi connectivity index (χ0n) is 14.7. The molecule has 0 aliphatic carbocycles. The van der Waals surface area contributed by atoms with E-state index < -0.39 is 10.0 Å². The van der Waals surface area contributed by atoms with Gasteiger partial charge in [-0.3, -0.25) is 4.79 Å². The number of benzene rings is 1. The van der Waals surface area contributed by atoms with E-state index in [-0.39, 0.29) is 24.4 Å². The second kappa shape index (κ2) is 7.85. The zero-order valence-corrected chi connectivity index (χ0v) is 15.5. The van der Waals surface area contributed by atoms with Gasteiger partial charge in [0.15, 0.2) is 0 Å².